The van der Waals surface area contributed by atoms with E-state index in [9.17, 15) is 8.78 Å². The average Bonchev–Trinajstić information content (AvgIpc) is 2.30. The van der Waals surface area contributed by atoms with Crippen LogP contribution in [0.25, 0.3) is 0 Å². The molecule has 0 aromatic heterocycles. The molecule has 1 N–H and O–H groups in total. The van der Waals surface area contributed by atoms with Crippen LogP contribution in [-0.4, -0.2) is 13.7 Å². The zero-order chi connectivity index (χ0) is 12.0. The summed E-state index contributed by atoms with van der Waals surface area (Å²) >= 11 is 0. The SMILES string of the molecule is C=CCCNCc1ccc(OC)c(F)c1F. The van der Waals surface area contributed by atoms with Gasteiger partial charge in [0.05, 0.1) is 7.11 Å². The summed E-state index contributed by atoms with van der Waals surface area (Å²) in [6, 6.07) is 2.93. The van der Waals surface area contributed by atoms with Crippen LogP contribution in [0.15, 0.2) is 24.8 Å². The Kier molecular flexibility index (Phi) is 4.92. The van der Waals surface area contributed by atoms with Gasteiger partial charge in [-0.3, -0.25) is 0 Å². The maximum Gasteiger partial charge on any atom is 0.200 e. The number of nitrogens with one attached hydrogen (secondary N) is 1. The summed E-state index contributed by atoms with van der Waals surface area (Å²) in [7, 11) is 1.31. The number of benzene rings is 1. The Morgan fingerprint density at radius 1 is 1.38 bits per heavy atom. The molecule has 1 aromatic carbocycles. The van der Waals surface area contributed by atoms with Crippen molar-refractivity contribution in [2.24, 2.45) is 0 Å². The summed E-state index contributed by atoms with van der Waals surface area (Å²) in [5.74, 6) is -1.87. The number of ether oxygens (including phenoxy) is 1. The number of halogens is 2. The molecule has 0 aliphatic rings. The lowest BCUT2D eigenvalue weighted by Gasteiger charge is -2.08. The van der Waals surface area contributed by atoms with Crippen molar-refractivity contribution >= 4 is 0 Å². The van der Waals surface area contributed by atoms with Crippen molar-refractivity contribution in [2.45, 2.75) is 13.0 Å². The molecule has 0 saturated carbocycles. The summed E-state index contributed by atoms with van der Waals surface area (Å²) in [6.07, 6.45) is 2.55. The van der Waals surface area contributed by atoms with Crippen LogP contribution >= 0.6 is 0 Å². The van der Waals surface area contributed by atoms with E-state index in [1.807, 2.05) is 0 Å². The second-order valence-corrected chi connectivity index (χ2v) is 3.31. The first-order valence-corrected chi connectivity index (χ1v) is 5.03. The van der Waals surface area contributed by atoms with Crippen molar-refractivity contribution < 1.29 is 13.5 Å². The van der Waals surface area contributed by atoms with Crippen molar-refractivity contribution in [3.63, 3.8) is 0 Å². The third kappa shape index (κ3) is 3.03. The molecule has 0 radical (unpaired) electrons. The lowest BCUT2D eigenvalue weighted by molar-refractivity contribution is 0.369. The molecule has 0 saturated heterocycles. The molecule has 0 bridgehead atoms. The van der Waals surface area contributed by atoms with Crippen molar-refractivity contribution in [3.8, 4) is 5.75 Å². The smallest absolute Gasteiger partial charge is 0.200 e. The number of methoxy groups -OCH3 is 1. The Bertz CT molecular complexity index is 366. The Morgan fingerprint density at radius 2 is 2.12 bits per heavy atom. The zero-order valence-electron chi connectivity index (χ0n) is 9.22. The van der Waals surface area contributed by atoms with Crippen LogP contribution < -0.4 is 10.1 Å². The van der Waals surface area contributed by atoms with Gasteiger partial charge in [-0.25, -0.2) is 4.39 Å². The first kappa shape index (κ1) is 12.6. The van der Waals surface area contributed by atoms with Crippen LogP contribution in [0, 0.1) is 11.6 Å². The molecular weight excluding hydrogens is 212 g/mol. The maximum atomic E-state index is 13.4. The minimum absolute atomic E-state index is 0.0765. The molecule has 2 nitrogen and oxygen atoms in total. The topological polar surface area (TPSA) is 21.3 Å². The Morgan fingerprint density at radius 3 is 2.75 bits per heavy atom. The average molecular weight is 227 g/mol. The summed E-state index contributed by atoms with van der Waals surface area (Å²) in [5.41, 5.74) is 0.294. The van der Waals surface area contributed by atoms with Crippen LogP contribution in [0.2, 0.25) is 0 Å². The molecule has 0 amide bonds. The summed E-state index contributed by atoms with van der Waals surface area (Å²) in [5, 5.41) is 2.99. The van der Waals surface area contributed by atoms with Gasteiger partial charge in [0.1, 0.15) is 0 Å². The standard InChI is InChI=1S/C12H15F2NO/c1-3-4-7-15-8-9-5-6-10(16-2)12(14)11(9)13/h3,5-6,15H,1,4,7-8H2,2H3. The zero-order valence-corrected chi connectivity index (χ0v) is 9.22. The van der Waals surface area contributed by atoms with Crippen LogP contribution in [0.1, 0.15) is 12.0 Å². The summed E-state index contributed by atoms with van der Waals surface area (Å²) < 4.78 is 31.4. The maximum absolute atomic E-state index is 13.4. The third-order valence-corrected chi connectivity index (χ3v) is 2.19. The predicted octanol–water partition coefficient (Wildman–Crippen LogP) is 2.64. The molecule has 16 heavy (non-hydrogen) atoms. The molecule has 0 aliphatic carbocycles. The minimum atomic E-state index is -0.939. The Balaban J connectivity index is 2.67. The van der Waals surface area contributed by atoms with E-state index in [1.54, 1.807) is 6.08 Å². The van der Waals surface area contributed by atoms with Gasteiger partial charge in [0, 0.05) is 12.1 Å². The normalized spacial score (nSPS) is 10.2. The van der Waals surface area contributed by atoms with Crippen molar-refractivity contribution in [3.05, 3.63) is 42.0 Å². The molecular formula is C12H15F2NO. The largest absolute Gasteiger partial charge is 0.494 e. The highest BCUT2D eigenvalue weighted by atomic mass is 19.2. The van der Waals surface area contributed by atoms with E-state index in [1.165, 1.54) is 19.2 Å². The third-order valence-electron chi connectivity index (χ3n) is 2.19. The van der Waals surface area contributed by atoms with Gasteiger partial charge in [0.15, 0.2) is 11.6 Å². The highest BCUT2D eigenvalue weighted by molar-refractivity contribution is 5.30. The Hall–Kier alpha value is -1.42. The van der Waals surface area contributed by atoms with E-state index in [-0.39, 0.29) is 5.75 Å². The van der Waals surface area contributed by atoms with Gasteiger partial charge in [0.25, 0.3) is 0 Å². The van der Waals surface area contributed by atoms with Gasteiger partial charge in [0.2, 0.25) is 5.82 Å². The molecule has 0 spiro atoms. The van der Waals surface area contributed by atoms with Crippen molar-refractivity contribution in [1.29, 1.82) is 0 Å². The highest BCUT2D eigenvalue weighted by Gasteiger charge is 2.12. The minimum Gasteiger partial charge on any atom is -0.494 e. The van der Waals surface area contributed by atoms with Gasteiger partial charge < -0.3 is 10.1 Å². The van der Waals surface area contributed by atoms with E-state index in [4.69, 9.17) is 0 Å². The lowest BCUT2D eigenvalue weighted by atomic mass is 10.2. The van der Waals surface area contributed by atoms with E-state index in [0.29, 0.717) is 18.7 Å². The molecule has 0 aliphatic heterocycles. The highest BCUT2D eigenvalue weighted by Crippen LogP contribution is 2.22. The molecule has 0 atom stereocenters. The molecule has 1 aromatic rings. The van der Waals surface area contributed by atoms with Crippen LogP contribution in [0.3, 0.4) is 0 Å². The number of hydrogen-bond acceptors (Lipinski definition) is 2. The van der Waals surface area contributed by atoms with E-state index >= 15 is 0 Å². The first-order valence-electron chi connectivity index (χ1n) is 5.03. The van der Waals surface area contributed by atoms with Gasteiger partial charge in [-0.2, -0.15) is 4.39 Å². The fourth-order valence-corrected chi connectivity index (χ4v) is 1.29. The second-order valence-electron chi connectivity index (χ2n) is 3.31. The van der Waals surface area contributed by atoms with Crippen LogP contribution in [0.4, 0.5) is 8.78 Å². The molecule has 0 heterocycles. The molecule has 4 heteroatoms. The van der Waals surface area contributed by atoms with Gasteiger partial charge in [-0.05, 0) is 19.0 Å². The van der Waals surface area contributed by atoms with Crippen LogP contribution in [-0.2, 0) is 6.54 Å². The summed E-state index contributed by atoms with van der Waals surface area (Å²) in [6.45, 7) is 4.55. The first-order chi connectivity index (χ1) is 7.70. The Labute approximate surface area is 93.9 Å². The quantitative estimate of drug-likeness (QED) is 0.596. The van der Waals surface area contributed by atoms with Gasteiger partial charge in [-0.15, -0.1) is 6.58 Å². The van der Waals surface area contributed by atoms with E-state index in [0.717, 1.165) is 6.42 Å². The van der Waals surface area contributed by atoms with E-state index in [2.05, 4.69) is 16.6 Å². The monoisotopic (exact) mass is 227 g/mol. The fourth-order valence-electron chi connectivity index (χ4n) is 1.29. The van der Waals surface area contributed by atoms with Crippen molar-refractivity contribution in [2.75, 3.05) is 13.7 Å². The molecule has 88 valence electrons. The molecule has 0 unspecified atom stereocenters. The number of rotatable bonds is 6. The molecule has 1 rings (SSSR count). The molecule has 0 fully saturated rings. The van der Waals surface area contributed by atoms with Gasteiger partial charge >= 0.3 is 0 Å². The van der Waals surface area contributed by atoms with Gasteiger partial charge in [-0.1, -0.05) is 12.1 Å². The summed E-state index contributed by atoms with van der Waals surface area (Å²) in [4.78, 5) is 0. The second kappa shape index (κ2) is 6.23. The van der Waals surface area contributed by atoms with Crippen LogP contribution in [0.5, 0.6) is 5.75 Å². The number of hydrogen-bond donors (Lipinski definition) is 1. The van der Waals surface area contributed by atoms with Crippen molar-refractivity contribution in [1.82, 2.24) is 5.32 Å². The van der Waals surface area contributed by atoms with E-state index < -0.39 is 11.6 Å². The lowest BCUT2D eigenvalue weighted by Crippen LogP contribution is -2.15. The predicted molar refractivity (Wildman–Crippen MR) is 59.4 cm³/mol. The fraction of sp³-hybridized carbons (Fsp3) is 0.333.